The van der Waals surface area contributed by atoms with Crippen LogP contribution in [0.25, 0.3) is 0 Å². The summed E-state index contributed by atoms with van der Waals surface area (Å²) in [7, 11) is 0. The molecule has 0 aromatic carbocycles. The predicted molar refractivity (Wildman–Crippen MR) is 65.4 cm³/mol. The highest BCUT2D eigenvalue weighted by Crippen LogP contribution is 2.48. The van der Waals surface area contributed by atoms with Gasteiger partial charge in [0.15, 0.2) is 0 Å². The van der Waals surface area contributed by atoms with Gasteiger partial charge in [0.05, 0.1) is 5.41 Å². The first-order chi connectivity index (χ1) is 6.46. The first-order valence-electron chi connectivity index (χ1n) is 5.76. The molecule has 0 radical (unpaired) electrons. The smallest absolute Gasteiger partial charge is 0.223 e. The fourth-order valence-electron chi connectivity index (χ4n) is 2.11. The van der Waals surface area contributed by atoms with Crippen molar-refractivity contribution < 1.29 is 4.79 Å². The summed E-state index contributed by atoms with van der Waals surface area (Å²) in [5, 5.41) is 0. The van der Waals surface area contributed by atoms with E-state index in [0.29, 0.717) is 0 Å². The lowest BCUT2D eigenvalue weighted by Gasteiger charge is -2.45. The highest BCUT2D eigenvalue weighted by atomic mass is 16.1. The third kappa shape index (κ3) is 3.22. The standard InChI is InChI=1S/C13H27NO/c1-8-12(5,6)13(7,10(14)15)9-11(2,3)4/h8-9H2,1-7H3,(H2,14,15). The number of carbonyl (C=O) groups is 1. The van der Waals surface area contributed by atoms with Crippen LogP contribution in [-0.4, -0.2) is 5.91 Å². The largest absolute Gasteiger partial charge is 0.369 e. The van der Waals surface area contributed by atoms with Gasteiger partial charge in [0.25, 0.3) is 0 Å². The third-order valence-corrected chi connectivity index (χ3v) is 3.81. The van der Waals surface area contributed by atoms with Crippen LogP contribution in [0.2, 0.25) is 0 Å². The van der Waals surface area contributed by atoms with Crippen molar-refractivity contribution in [1.29, 1.82) is 0 Å². The molecule has 0 fully saturated rings. The average Bonchev–Trinajstić information content (AvgIpc) is 2.00. The van der Waals surface area contributed by atoms with Crippen molar-refractivity contribution >= 4 is 5.91 Å². The quantitative estimate of drug-likeness (QED) is 0.764. The zero-order chi connectivity index (χ0) is 12.5. The zero-order valence-electron chi connectivity index (χ0n) is 11.4. The van der Waals surface area contributed by atoms with Crippen LogP contribution in [0, 0.1) is 16.2 Å². The third-order valence-electron chi connectivity index (χ3n) is 3.81. The topological polar surface area (TPSA) is 43.1 Å². The van der Waals surface area contributed by atoms with Gasteiger partial charge in [0.1, 0.15) is 0 Å². The second kappa shape index (κ2) is 4.15. The lowest BCUT2D eigenvalue weighted by molar-refractivity contribution is -0.136. The van der Waals surface area contributed by atoms with Crippen molar-refractivity contribution in [1.82, 2.24) is 0 Å². The molecule has 0 rings (SSSR count). The molecule has 0 aliphatic carbocycles. The van der Waals surface area contributed by atoms with E-state index in [9.17, 15) is 4.79 Å². The monoisotopic (exact) mass is 213 g/mol. The Morgan fingerprint density at radius 2 is 1.47 bits per heavy atom. The second-order valence-corrected chi connectivity index (χ2v) is 6.67. The minimum absolute atomic E-state index is 0.0495. The van der Waals surface area contributed by atoms with Crippen LogP contribution in [0.4, 0.5) is 0 Å². The minimum atomic E-state index is -0.431. The van der Waals surface area contributed by atoms with Gasteiger partial charge in [-0.2, -0.15) is 0 Å². The van der Waals surface area contributed by atoms with Crippen LogP contribution in [0.3, 0.4) is 0 Å². The number of amides is 1. The van der Waals surface area contributed by atoms with Gasteiger partial charge in [0, 0.05) is 0 Å². The first-order valence-corrected chi connectivity index (χ1v) is 5.76. The van der Waals surface area contributed by atoms with Crippen LogP contribution < -0.4 is 5.73 Å². The fourth-order valence-corrected chi connectivity index (χ4v) is 2.11. The molecule has 0 saturated heterocycles. The molecule has 1 amide bonds. The van der Waals surface area contributed by atoms with E-state index in [1.165, 1.54) is 0 Å². The molecule has 90 valence electrons. The highest BCUT2D eigenvalue weighted by molar-refractivity contribution is 5.81. The molecule has 0 heterocycles. The van der Waals surface area contributed by atoms with Gasteiger partial charge in [0.2, 0.25) is 5.91 Å². The summed E-state index contributed by atoms with van der Waals surface area (Å²) in [5.41, 5.74) is 5.24. The second-order valence-electron chi connectivity index (χ2n) is 6.67. The molecule has 2 heteroatoms. The van der Waals surface area contributed by atoms with Crippen molar-refractivity contribution in [3.05, 3.63) is 0 Å². The maximum absolute atomic E-state index is 11.7. The van der Waals surface area contributed by atoms with Gasteiger partial charge in [-0.1, -0.05) is 48.5 Å². The van der Waals surface area contributed by atoms with Gasteiger partial charge in [-0.3, -0.25) is 4.79 Å². The van der Waals surface area contributed by atoms with E-state index in [1.807, 2.05) is 6.92 Å². The number of carbonyl (C=O) groups excluding carboxylic acids is 1. The maximum atomic E-state index is 11.7. The fraction of sp³-hybridized carbons (Fsp3) is 0.923. The Hall–Kier alpha value is -0.530. The van der Waals surface area contributed by atoms with Gasteiger partial charge in [-0.25, -0.2) is 0 Å². The van der Waals surface area contributed by atoms with Gasteiger partial charge in [-0.05, 0) is 23.7 Å². The summed E-state index contributed by atoms with van der Waals surface area (Å²) >= 11 is 0. The van der Waals surface area contributed by atoms with Crippen LogP contribution in [-0.2, 0) is 4.79 Å². The van der Waals surface area contributed by atoms with E-state index in [-0.39, 0.29) is 16.7 Å². The summed E-state index contributed by atoms with van der Waals surface area (Å²) in [5.74, 6) is -0.177. The number of hydrogen-bond acceptors (Lipinski definition) is 1. The van der Waals surface area contributed by atoms with Crippen molar-refractivity contribution in [2.45, 2.75) is 61.3 Å². The normalized spacial score (nSPS) is 17.3. The molecular formula is C13H27NO. The van der Waals surface area contributed by atoms with Crippen molar-refractivity contribution in [3.63, 3.8) is 0 Å². The molecule has 0 aliphatic rings. The summed E-state index contributed by atoms with van der Waals surface area (Å²) in [6.07, 6.45) is 1.79. The zero-order valence-corrected chi connectivity index (χ0v) is 11.4. The van der Waals surface area contributed by atoms with E-state index in [1.54, 1.807) is 0 Å². The van der Waals surface area contributed by atoms with Gasteiger partial charge in [-0.15, -0.1) is 0 Å². The molecule has 0 bridgehead atoms. The lowest BCUT2D eigenvalue weighted by atomic mass is 9.59. The summed E-state index contributed by atoms with van der Waals surface area (Å²) in [6, 6.07) is 0. The highest BCUT2D eigenvalue weighted by Gasteiger charge is 2.46. The average molecular weight is 213 g/mol. The molecule has 15 heavy (non-hydrogen) atoms. The Bertz CT molecular complexity index is 237. The van der Waals surface area contributed by atoms with E-state index in [4.69, 9.17) is 5.73 Å². The first kappa shape index (κ1) is 14.5. The molecule has 0 aliphatic heterocycles. The van der Waals surface area contributed by atoms with Crippen molar-refractivity contribution in [2.75, 3.05) is 0 Å². The van der Waals surface area contributed by atoms with Gasteiger partial charge >= 0.3 is 0 Å². The number of rotatable bonds is 4. The predicted octanol–water partition coefficient (Wildman–Crippen LogP) is 3.35. The molecular weight excluding hydrogens is 186 g/mol. The van der Waals surface area contributed by atoms with Crippen LogP contribution >= 0.6 is 0 Å². The Balaban J connectivity index is 5.18. The van der Waals surface area contributed by atoms with E-state index >= 15 is 0 Å². The lowest BCUT2D eigenvalue weighted by Crippen LogP contribution is -2.48. The molecule has 0 aromatic heterocycles. The summed E-state index contributed by atoms with van der Waals surface area (Å²) in [4.78, 5) is 11.7. The Morgan fingerprint density at radius 1 is 1.07 bits per heavy atom. The Morgan fingerprint density at radius 3 is 1.67 bits per heavy atom. The van der Waals surface area contributed by atoms with Crippen molar-refractivity contribution in [3.8, 4) is 0 Å². The molecule has 1 atom stereocenters. The SMILES string of the molecule is CCC(C)(C)C(C)(CC(C)(C)C)C(N)=O. The maximum Gasteiger partial charge on any atom is 0.223 e. The molecule has 0 aromatic rings. The van der Waals surface area contributed by atoms with E-state index < -0.39 is 5.41 Å². The molecule has 0 saturated carbocycles. The van der Waals surface area contributed by atoms with E-state index in [2.05, 4.69) is 41.5 Å². The Kier molecular flexibility index (Phi) is 4.00. The molecule has 1 unspecified atom stereocenters. The van der Waals surface area contributed by atoms with Crippen LogP contribution in [0.15, 0.2) is 0 Å². The Labute approximate surface area is 94.6 Å². The minimum Gasteiger partial charge on any atom is -0.369 e. The van der Waals surface area contributed by atoms with Gasteiger partial charge < -0.3 is 5.73 Å². The van der Waals surface area contributed by atoms with E-state index in [0.717, 1.165) is 12.8 Å². The molecule has 2 nitrogen and oxygen atoms in total. The van der Waals surface area contributed by atoms with Crippen LogP contribution in [0.5, 0.6) is 0 Å². The van der Waals surface area contributed by atoms with Crippen LogP contribution in [0.1, 0.15) is 61.3 Å². The number of nitrogens with two attached hydrogens (primary N) is 1. The number of primary amides is 1. The molecule has 2 N–H and O–H groups in total. The number of hydrogen-bond donors (Lipinski definition) is 1. The summed E-state index contributed by atoms with van der Waals surface area (Å²) < 4.78 is 0. The van der Waals surface area contributed by atoms with Crippen molar-refractivity contribution in [2.24, 2.45) is 22.0 Å². The summed E-state index contributed by atoms with van der Waals surface area (Å²) in [6.45, 7) is 14.8. The molecule has 0 spiro atoms.